The average molecular weight is 203 g/mol. The number of rotatable bonds is 0. The van der Waals surface area contributed by atoms with E-state index in [1.807, 2.05) is 20.9 Å². The van der Waals surface area contributed by atoms with Crippen LogP contribution in [0.1, 0.15) is 41.0 Å². The van der Waals surface area contributed by atoms with Gasteiger partial charge in [-0.1, -0.05) is 34.6 Å². The lowest BCUT2D eigenvalue weighted by molar-refractivity contribution is 0.0596. The van der Waals surface area contributed by atoms with Crippen LogP contribution in [0.25, 0.3) is 0 Å². The summed E-state index contributed by atoms with van der Waals surface area (Å²) >= 11 is 0. The average Bonchev–Trinajstić information content (AvgIpc) is 2.04. The lowest BCUT2D eigenvalue weighted by atomic mass is 9.76. The van der Waals surface area contributed by atoms with Crippen molar-refractivity contribution < 1.29 is 4.39 Å². The summed E-state index contributed by atoms with van der Waals surface area (Å²) < 4.78 is 13.2. The van der Waals surface area contributed by atoms with Crippen molar-refractivity contribution >= 4 is 0 Å². The molecule has 0 amide bonds. The molecule has 1 rings (SSSR count). The van der Waals surface area contributed by atoms with Crippen LogP contribution in [-0.2, 0) is 0 Å². The Morgan fingerprint density at radius 2 is 1.64 bits per heavy atom. The molecule has 14 heavy (non-hydrogen) atoms. The number of hydrogen-bond donors (Lipinski definition) is 0. The smallest absolute Gasteiger partial charge is 0.113 e. The third-order valence-electron chi connectivity index (χ3n) is 2.81. The lowest BCUT2D eigenvalue weighted by Gasteiger charge is -2.39. The van der Waals surface area contributed by atoms with Gasteiger partial charge in [0.25, 0.3) is 0 Å². The van der Waals surface area contributed by atoms with Crippen LogP contribution in [-0.4, -0.2) is 31.2 Å². The fraction of sp³-hybridized carbons (Fsp3) is 1.00. The van der Waals surface area contributed by atoms with E-state index in [1.54, 1.807) is 0 Å². The summed E-state index contributed by atoms with van der Waals surface area (Å²) in [5.74, 6) is 0.506. The van der Waals surface area contributed by atoms with Crippen molar-refractivity contribution in [3.8, 4) is 0 Å². The van der Waals surface area contributed by atoms with Crippen LogP contribution in [0.2, 0.25) is 0 Å². The van der Waals surface area contributed by atoms with Crippen LogP contribution in [0.3, 0.4) is 0 Å². The molecule has 1 saturated heterocycles. The second kappa shape index (κ2) is 5.69. The van der Waals surface area contributed by atoms with Crippen LogP contribution >= 0.6 is 0 Å². The molecule has 0 saturated carbocycles. The SMILES string of the molecule is CC.CN1CC(F)CC(C(C)(C)C)C1. The van der Waals surface area contributed by atoms with E-state index >= 15 is 0 Å². The summed E-state index contributed by atoms with van der Waals surface area (Å²) in [6.07, 6.45) is 0.126. The first-order valence-electron chi connectivity index (χ1n) is 5.72. The van der Waals surface area contributed by atoms with Crippen LogP contribution in [0, 0.1) is 11.3 Å². The number of nitrogens with zero attached hydrogens (tertiary/aromatic N) is 1. The Bertz CT molecular complexity index is 141. The molecule has 1 aliphatic heterocycles. The number of halogens is 1. The third kappa shape index (κ3) is 4.41. The third-order valence-corrected chi connectivity index (χ3v) is 2.81. The van der Waals surface area contributed by atoms with E-state index in [9.17, 15) is 4.39 Å². The Balaban J connectivity index is 0.000000791. The molecule has 0 N–H and O–H groups in total. The highest BCUT2D eigenvalue weighted by atomic mass is 19.1. The highest BCUT2D eigenvalue weighted by Gasteiger charge is 2.32. The van der Waals surface area contributed by atoms with Gasteiger partial charge in [0.1, 0.15) is 6.17 Å². The van der Waals surface area contributed by atoms with E-state index < -0.39 is 6.17 Å². The molecular formula is C12H26FN. The molecule has 0 aromatic carbocycles. The Morgan fingerprint density at radius 3 is 2.00 bits per heavy atom. The molecular weight excluding hydrogens is 177 g/mol. The predicted octanol–water partition coefficient (Wildman–Crippen LogP) is 3.35. The first-order valence-corrected chi connectivity index (χ1v) is 5.72. The topological polar surface area (TPSA) is 3.24 Å². The Kier molecular flexibility index (Phi) is 5.65. The van der Waals surface area contributed by atoms with E-state index in [2.05, 4.69) is 25.7 Å². The second-order valence-corrected chi connectivity index (χ2v) is 5.12. The normalized spacial score (nSPS) is 29.4. The zero-order valence-corrected chi connectivity index (χ0v) is 10.6. The van der Waals surface area contributed by atoms with E-state index in [0.717, 1.165) is 13.0 Å². The molecule has 86 valence electrons. The monoisotopic (exact) mass is 203 g/mol. The largest absolute Gasteiger partial charge is 0.303 e. The summed E-state index contributed by atoms with van der Waals surface area (Å²) in [5.41, 5.74) is 0.249. The molecule has 1 nitrogen and oxygen atoms in total. The standard InChI is InChI=1S/C10H20FN.C2H6/c1-10(2,3)8-5-9(11)7-12(4)6-8;1-2/h8-9H,5-7H2,1-4H3;1-2H3. The summed E-state index contributed by atoms with van der Waals surface area (Å²) in [4.78, 5) is 2.10. The number of piperidine rings is 1. The fourth-order valence-electron chi connectivity index (χ4n) is 1.87. The van der Waals surface area contributed by atoms with Crippen molar-refractivity contribution in [2.75, 3.05) is 20.1 Å². The maximum absolute atomic E-state index is 13.2. The van der Waals surface area contributed by atoms with Crippen LogP contribution in [0.4, 0.5) is 4.39 Å². The summed E-state index contributed by atoms with van der Waals surface area (Å²) in [6, 6.07) is 0. The quantitative estimate of drug-likeness (QED) is 0.583. The van der Waals surface area contributed by atoms with Gasteiger partial charge in [0.05, 0.1) is 0 Å². The van der Waals surface area contributed by atoms with Gasteiger partial charge in [-0.15, -0.1) is 0 Å². The Morgan fingerprint density at radius 1 is 1.14 bits per heavy atom. The minimum atomic E-state index is -0.618. The van der Waals surface area contributed by atoms with Crippen molar-refractivity contribution in [2.24, 2.45) is 11.3 Å². The van der Waals surface area contributed by atoms with Crippen LogP contribution < -0.4 is 0 Å². The second-order valence-electron chi connectivity index (χ2n) is 5.12. The molecule has 1 heterocycles. The maximum Gasteiger partial charge on any atom is 0.113 e. The molecule has 1 fully saturated rings. The van der Waals surface area contributed by atoms with E-state index in [1.165, 1.54) is 0 Å². The number of alkyl halides is 1. The zero-order chi connectivity index (χ0) is 11.4. The Labute approximate surface area is 88.7 Å². The van der Waals surface area contributed by atoms with E-state index in [-0.39, 0.29) is 5.41 Å². The maximum atomic E-state index is 13.2. The van der Waals surface area contributed by atoms with Gasteiger partial charge in [-0.3, -0.25) is 0 Å². The van der Waals surface area contributed by atoms with Crippen molar-refractivity contribution in [3.63, 3.8) is 0 Å². The molecule has 2 atom stereocenters. The molecule has 0 bridgehead atoms. The highest BCUT2D eigenvalue weighted by Crippen LogP contribution is 2.33. The van der Waals surface area contributed by atoms with Gasteiger partial charge in [0, 0.05) is 13.1 Å². The summed E-state index contributed by atoms with van der Waals surface area (Å²) in [5, 5.41) is 0. The fourth-order valence-corrected chi connectivity index (χ4v) is 1.87. The predicted molar refractivity (Wildman–Crippen MR) is 61.3 cm³/mol. The van der Waals surface area contributed by atoms with E-state index in [0.29, 0.717) is 12.5 Å². The molecule has 0 aliphatic carbocycles. The molecule has 0 radical (unpaired) electrons. The molecule has 2 unspecified atom stereocenters. The summed E-state index contributed by atoms with van der Waals surface area (Å²) in [6.45, 7) is 12.3. The van der Waals surface area contributed by atoms with Crippen LogP contribution in [0.5, 0.6) is 0 Å². The van der Waals surface area contributed by atoms with Gasteiger partial charge in [0.2, 0.25) is 0 Å². The highest BCUT2D eigenvalue weighted by molar-refractivity contribution is 4.84. The molecule has 2 heteroatoms. The number of hydrogen-bond acceptors (Lipinski definition) is 1. The Hall–Kier alpha value is -0.110. The molecule has 0 aromatic heterocycles. The minimum Gasteiger partial charge on any atom is -0.303 e. The van der Waals surface area contributed by atoms with Crippen molar-refractivity contribution in [2.45, 2.75) is 47.2 Å². The molecule has 0 spiro atoms. The first kappa shape index (κ1) is 13.9. The zero-order valence-electron chi connectivity index (χ0n) is 10.6. The van der Waals surface area contributed by atoms with Crippen molar-refractivity contribution in [1.82, 2.24) is 4.90 Å². The van der Waals surface area contributed by atoms with Gasteiger partial charge in [0.15, 0.2) is 0 Å². The van der Waals surface area contributed by atoms with Crippen LogP contribution in [0.15, 0.2) is 0 Å². The van der Waals surface area contributed by atoms with Gasteiger partial charge < -0.3 is 4.90 Å². The van der Waals surface area contributed by atoms with Crippen molar-refractivity contribution in [1.29, 1.82) is 0 Å². The number of likely N-dealkylation sites (tertiary alicyclic amines) is 1. The molecule has 1 aliphatic rings. The van der Waals surface area contributed by atoms with Crippen molar-refractivity contribution in [3.05, 3.63) is 0 Å². The van der Waals surface area contributed by atoms with Gasteiger partial charge in [-0.05, 0) is 24.8 Å². The van der Waals surface area contributed by atoms with Gasteiger partial charge in [-0.2, -0.15) is 0 Å². The minimum absolute atomic E-state index is 0.249. The van der Waals surface area contributed by atoms with Gasteiger partial charge >= 0.3 is 0 Å². The molecule has 0 aromatic rings. The first-order chi connectivity index (χ1) is 6.39. The van der Waals surface area contributed by atoms with E-state index in [4.69, 9.17) is 0 Å². The lowest BCUT2D eigenvalue weighted by Crippen LogP contribution is -2.43. The summed E-state index contributed by atoms with van der Waals surface area (Å²) in [7, 11) is 2.00. The van der Waals surface area contributed by atoms with Gasteiger partial charge in [-0.25, -0.2) is 4.39 Å².